The van der Waals surface area contributed by atoms with Gasteiger partial charge in [0.2, 0.25) is 5.95 Å². The molecule has 0 radical (unpaired) electrons. The lowest BCUT2D eigenvalue weighted by molar-refractivity contribution is 0.102. The highest BCUT2D eigenvalue weighted by Crippen LogP contribution is 2.37. The summed E-state index contributed by atoms with van der Waals surface area (Å²) in [5.41, 5.74) is 1.79. The molecule has 1 N–H and O–H groups in total. The molecule has 1 amide bonds. The molecule has 3 heterocycles. The summed E-state index contributed by atoms with van der Waals surface area (Å²) in [6, 6.07) is 7.87. The van der Waals surface area contributed by atoms with Crippen LogP contribution in [0.4, 0.5) is 23.1 Å². The second-order valence-corrected chi connectivity index (χ2v) is 7.00. The van der Waals surface area contributed by atoms with Gasteiger partial charge in [-0.1, -0.05) is 12.1 Å². The Hall–Kier alpha value is -2.71. The van der Waals surface area contributed by atoms with Gasteiger partial charge in [-0.2, -0.15) is 4.98 Å². The van der Waals surface area contributed by atoms with Gasteiger partial charge in [-0.3, -0.25) is 9.63 Å². The lowest BCUT2D eigenvalue weighted by Crippen LogP contribution is -2.42. The fourth-order valence-electron chi connectivity index (χ4n) is 3.64. The predicted octanol–water partition coefficient (Wildman–Crippen LogP) is 2.27. The third-order valence-corrected chi connectivity index (χ3v) is 5.30. The van der Waals surface area contributed by atoms with Crippen LogP contribution >= 0.6 is 0 Å². The number of carbonyl (C=O) groups excluding carboxylic acids is 1. The van der Waals surface area contributed by atoms with E-state index in [9.17, 15) is 4.79 Å². The van der Waals surface area contributed by atoms with Gasteiger partial charge in [-0.05, 0) is 45.1 Å². The summed E-state index contributed by atoms with van der Waals surface area (Å²) < 4.78 is 0. The van der Waals surface area contributed by atoms with Crippen molar-refractivity contribution in [3.8, 4) is 0 Å². The van der Waals surface area contributed by atoms with E-state index in [4.69, 9.17) is 9.82 Å². The molecule has 1 aromatic heterocycles. The van der Waals surface area contributed by atoms with Crippen LogP contribution in [-0.2, 0) is 4.84 Å². The first-order chi connectivity index (χ1) is 13.1. The van der Waals surface area contributed by atoms with Gasteiger partial charge in [0.1, 0.15) is 5.56 Å². The van der Waals surface area contributed by atoms with Crippen molar-refractivity contribution in [2.24, 2.45) is 0 Å². The number of rotatable bonds is 3. The van der Waals surface area contributed by atoms with Gasteiger partial charge in [0.15, 0.2) is 5.82 Å². The average Bonchev–Trinajstić information content (AvgIpc) is 2.81. The van der Waals surface area contributed by atoms with Gasteiger partial charge in [0.05, 0.1) is 18.5 Å². The minimum atomic E-state index is -0.245. The van der Waals surface area contributed by atoms with E-state index < -0.39 is 0 Å². The number of hydrogen-bond acceptors (Lipinski definition) is 7. The van der Waals surface area contributed by atoms with E-state index >= 15 is 0 Å². The van der Waals surface area contributed by atoms with Gasteiger partial charge >= 0.3 is 0 Å². The molecule has 2 aliphatic heterocycles. The van der Waals surface area contributed by atoms with Crippen molar-refractivity contribution in [1.29, 1.82) is 0 Å². The lowest BCUT2D eigenvalue weighted by atomic mass is 10.0. The van der Waals surface area contributed by atoms with Crippen LogP contribution in [-0.4, -0.2) is 61.1 Å². The Labute approximate surface area is 158 Å². The molecular weight excluding hydrogens is 344 g/mol. The summed E-state index contributed by atoms with van der Waals surface area (Å²) in [5, 5.41) is 4.48. The molecule has 0 unspecified atom stereocenters. The highest BCUT2D eigenvalue weighted by atomic mass is 16.7. The second kappa shape index (κ2) is 7.13. The molecule has 1 aromatic carbocycles. The third kappa shape index (κ3) is 3.22. The highest BCUT2D eigenvalue weighted by Gasteiger charge is 2.29. The summed E-state index contributed by atoms with van der Waals surface area (Å²) >= 11 is 0. The molecule has 0 atom stereocenters. The number of nitrogens with one attached hydrogen (secondary N) is 1. The molecule has 0 saturated carbocycles. The van der Waals surface area contributed by atoms with Gasteiger partial charge in [0, 0.05) is 19.3 Å². The van der Waals surface area contributed by atoms with Gasteiger partial charge in [0.25, 0.3) is 5.91 Å². The van der Waals surface area contributed by atoms with E-state index in [-0.39, 0.29) is 5.91 Å². The molecule has 4 rings (SSSR count). The van der Waals surface area contributed by atoms with Crippen molar-refractivity contribution < 1.29 is 9.63 Å². The van der Waals surface area contributed by atoms with Gasteiger partial charge in [-0.25, -0.2) is 10.0 Å². The van der Waals surface area contributed by atoms with Crippen molar-refractivity contribution in [2.45, 2.75) is 18.9 Å². The standard InChI is InChI=1S/C19H24N6O2/c1-23-10-8-13(9-11-23)24(2)19-20-12-14-17(22-19)25(27-3)16-7-5-4-6-15(16)21-18(14)26/h4-7,12-13H,8-11H2,1-3H3,(H,21,26). The van der Waals surface area contributed by atoms with Crippen LogP contribution in [0.3, 0.4) is 0 Å². The van der Waals surface area contributed by atoms with E-state index in [0.717, 1.165) is 31.6 Å². The summed E-state index contributed by atoms with van der Waals surface area (Å²) in [6.07, 6.45) is 3.70. The number of fused-ring (bicyclic) bond motifs is 2. The average molecular weight is 368 g/mol. The Morgan fingerprint density at radius 3 is 2.74 bits per heavy atom. The van der Waals surface area contributed by atoms with Crippen molar-refractivity contribution in [1.82, 2.24) is 14.9 Å². The maximum Gasteiger partial charge on any atom is 0.261 e. The first-order valence-electron chi connectivity index (χ1n) is 9.11. The number of benzene rings is 1. The molecule has 1 saturated heterocycles. The normalized spacial score (nSPS) is 17.7. The van der Waals surface area contributed by atoms with E-state index in [1.54, 1.807) is 18.4 Å². The number of piperidine rings is 1. The predicted molar refractivity (Wildman–Crippen MR) is 104 cm³/mol. The molecule has 0 aliphatic carbocycles. The Balaban J connectivity index is 1.72. The fraction of sp³-hybridized carbons (Fsp3) is 0.421. The SMILES string of the molecule is CON1c2ccccc2NC(=O)c2cnc(N(C)C3CCN(C)CC3)nc21. The maximum atomic E-state index is 12.7. The van der Waals surface area contributed by atoms with Crippen LogP contribution < -0.4 is 15.3 Å². The van der Waals surface area contributed by atoms with Crippen molar-refractivity contribution in [3.63, 3.8) is 0 Å². The summed E-state index contributed by atoms with van der Waals surface area (Å²) in [4.78, 5) is 31.9. The zero-order valence-corrected chi connectivity index (χ0v) is 15.8. The highest BCUT2D eigenvalue weighted by molar-refractivity contribution is 6.11. The first-order valence-corrected chi connectivity index (χ1v) is 9.11. The van der Waals surface area contributed by atoms with Crippen LogP contribution in [0.5, 0.6) is 0 Å². The molecule has 27 heavy (non-hydrogen) atoms. The molecule has 2 aromatic rings. The summed E-state index contributed by atoms with van der Waals surface area (Å²) in [7, 11) is 5.72. The number of nitrogens with zero attached hydrogens (tertiary/aromatic N) is 5. The zero-order chi connectivity index (χ0) is 19.0. The Morgan fingerprint density at radius 2 is 2.00 bits per heavy atom. The van der Waals surface area contributed by atoms with Gasteiger partial charge < -0.3 is 15.1 Å². The zero-order valence-electron chi connectivity index (χ0n) is 15.8. The summed E-state index contributed by atoms with van der Waals surface area (Å²) in [6.45, 7) is 2.11. The fourth-order valence-corrected chi connectivity index (χ4v) is 3.64. The number of aromatic nitrogens is 2. The van der Waals surface area contributed by atoms with Crippen LogP contribution in [0.1, 0.15) is 23.2 Å². The van der Waals surface area contributed by atoms with Crippen molar-refractivity contribution >= 4 is 29.0 Å². The van der Waals surface area contributed by atoms with Gasteiger partial charge in [-0.15, -0.1) is 0 Å². The molecule has 1 fully saturated rings. The Bertz CT molecular complexity index is 850. The van der Waals surface area contributed by atoms with E-state index in [2.05, 4.69) is 27.1 Å². The molecule has 2 aliphatic rings. The number of likely N-dealkylation sites (tertiary alicyclic amines) is 1. The Kier molecular flexibility index (Phi) is 4.67. The summed E-state index contributed by atoms with van der Waals surface area (Å²) in [5.74, 6) is 0.799. The second-order valence-electron chi connectivity index (χ2n) is 7.00. The van der Waals surface area contributed by atoms with Crippen LogP contribution in [0.25, 0.3) is 0 Å². The van der Waals surface area contributed by atoms with Crippen molar-refractivity contribution in [2.75, 3.05) is 49.6 Å². The minimum absolute atomic E-state index is 0.245. The number of amides is 1. The molecular formula is C19H24N6O2. The molecule has 142 valence electrons. The Morgan fingerprint density at radius 1 is 1.26 bits per heavy atom. The van der Waals surface area contributed by atoms with Crippen molar-refractivity contribution in [3.05, 3.63) is 36.0 Å². The number of para-hydroxylation sites is 2. The molecule has 0 bridgehead atoms. The number of anilines is 4. The monoisotopic (exact) mass is 368 g/mol. The smallest absolute Gasteiger partial charge is 0.261 e. The topological polar surface area (TPSA) is 73.8 Å². The molecule has 0 spiro atoms. The number of hydrogen-bond donors (Lipinski definition) is 1. The van der Waals surface area contributed by atoms with E-state index in [0.29, 0.717) is 29.1 Å². The number of carbonyl (C=O) groups is 1. The molecule has 8 heteroatoms. The minimum Gasteiger partial charge on any atom is -0.341 e. The third-order valence-electron chi connectivity index (χ3n) is 5.30. The lowest BCUT2D eigenvalue weighted by Gasteiger charge is -2.35. The van der Waals surface area contributed by atoms with E-state index in [1.807, 2.05) is 31.3 Å². The molecule has 8 nitrogen and oxygen atoms in total. The first kappa shape index (κ1) is 17.7. The maximum absolute atomic E-state index is 12.7. The van der Waals surface area contributed by atoms with Crippen LogP contribution in [0.15, 0.2) is 30.5 Å². The quantitative estimate of drug-likeness (QED) is 0.891. The van der Waals surface area contributed by atoms with E-state index in [1.165, 1.54) is 0 Å². The van der Waals surface area contributed by atoms with Crippen LogP contribution in [0.2, 0.25) is 0 Å². The van der Waals surface area contributed by atoms with Crippen LogP contribution in [0, 0.1) is 0 Å². The largest absolute Gasteiger partial charge is 0.341 e.